The summed E-state index contributed by atoms with van der Waals surface area (Å²) in [6, 6.07) is 26.9. The number of amides is 1. The number of carbonyl (C=O) groups excluding carboxylic acids is 1. The zero-order valence-electron chi connectivity index (χ0n) is 16.5. The summed E-state index contributed by atoms with van der Waals surface area (Å²) in [5.41, 5.74) is 2.61. The van der Waals surface area contributed by atoms with Crippen LogP contribution in [0.2, 0.25) is 0 Å². The summed E-state index contributed by atoms with van der Waals surface area (Å²) < 4.78 is 0. The Morgan fingerprint density at radius 3 is 2.13 bits per heavy atom. The van der Waals surface area contributed by atoms with Gasteiger partial charge in [0, 0.05) is 12.8 Å². The first-order valence-electron chi connectivity index (χ1n) is 10.1. The second-order valence-electron chi connectivity index (χ2n) is 7.21. The number of nitrogens with zero attached hydrogens (tertiary/aromatic N) is 1. The maximum Gasteiger partial charge on any atom is 0.258 e. The third-order valence-corrected chi connectivity index (χ3v) is 5.05. The van der Waals surface area contributed by atoms with Gasteiger partial charge >= 0.3 is 0 Å². The van der Waals surface area contributed by atoms with Gasteiger partial charge in [-0.05, 0) is 29.7 Å². The van der Waals surface area contributed by atoms with Gasteiger partial charge in [-0.15, -0.1) is 0 Å². The van der Waals surface area contributed by atoms with Gasteiger partial charge < -0.3 is 10.3 Å². The monoisotopic (exact) mass is 397 g/mol. The van der Waals surface area contributed by atoms with Crippen molar-refractivity contribution in [1.29, 1.82) is 0 Å². The highest BCUT2D eigenvalue weighted by atomic mass is 16.1. The van der Waals surface area contributed by atoms with E-state index in [1.54, 1.807) is 6.07 Å². The summed E-state index contributed by atoms with van der Waals surface area (Å²) in [4.78, 5) is 32.2. The molecule has 30 heavy (non-hydrogen) atoms. The lowest BCUT2D eigenvalue weighted by atomic mass is 9.98. The van der Waals surface area contributed by atoms with Crippen LogP contribution in [0.25, 0.3) is 10.9 Å². The molecule has 4 rings (SSSR count). The topological polar surface area (TPSA) is 74.8 Å². The predicted octanol–water partition coefficient (Wildman–Crippen LogP) is 4.15. The first kappa shape index (κ1) is 19.6. The van der Waals surface area contributed by atoms with Gasteiger partial charge in [-0.1, -0.05) is 72.8 Å². The van der Waals surface area contributed by atoms with Crippen LogP contribution in [0, 0.1) is 0 Å². The normalized spacial score (nSPS) is 11.0. The van der Waals surface area contributed by atoms with Crippen molar-refractivity contribution in [3.8, 4) is 0 Å². The third kappa shape index (κ3) is 4.63. The van der Waals surface area contributed by atoms with Crippen molar-refractivity contribution in [2.45, 2.75) is 25.3 Å². The fourth-order valence-electron chi connectivity index (χ4n) is 3.55. The van der Waals surface area contributed by atoms with E-state index in [0.29, 0.717) is 36.0 Å². The molecule has 0 bridgehead atoms. The van der Waals surface area contributed by atoms with Crippen LogP contribution in [0.5, 0.6) is 0 Å². The number of benzene rings is 3. The van der Waals surface area contributed by atoms with E-state index in [9.17, 15) is 9.59 Å². The largest absolute Gasteiger partial charge is 0.345 e. The Kier molecular flexibility index (Phi) is 5.99. The van der Waals surface area contributed by atoms with E-state index >= 15 is 0 Å². The molecule has 2 N–H and O–H groups in total. The lowest BCUT2D eigenvalue weighted by Gasteiger charge is -2.20. The molecule has 3 aromatic carbocycles. The lowest BCUT2D eigenvalue weighted by Crippen LogP contribution is -2.29. The molecule has 0 atom stereocenters. The van der Waals surface area contributed by atoms with Crippen molar-refractivity contribution in [2.24, 2.45) is 0 Å². The van der Waals surface area contributed by atoms with Crippen LogP contribution in [0.15, 0.2) is 89.7 Å². The number of hydrogen-bond donors (Lipinski definition) is 2. The maximum atomic E-state index is 12.7. The molecule has 0 unspecified atom stereocenters. The van der Waals surface area contributed by atoms with Gasteiger partial charge in [-0.25, -0.2) is 4.98 Å². The average Bonchev–Trinajstić information content (AvgIpc) is 2.79. The molecule has 0 aliphatic carbocycles. The van der Waals surface area contributed by atoms with E-state index in [0.717, 1.165) is 11.1 Å². The minimum Gasteiger partial charge on any atom is -0.345 e. The number of aromatic nitrogens is 2. The molecule has 0 aliphatic rings. The Labute approximate surface area is 174 Å². The van der Waals surface area contributed by atoms with Crippen LogP contribution in [0.1, 0.15) is 35.8 Å². The molecular weight excluding hydrogens is 374 g/mol. The summed E-state index contributed by atoms with van der Waals surface area (Å²) in [6.45, 7) is 0. The first-order chi connectivity index (χ1) is 14.7. The first-order valence-corrected chi connectivity index (χ1v) is 10.1. The molecular formula is C25H23N3O2. The Morgan fingerprint density at radius 1 is 0.867 bits per heavy atom. The molecule has 4 aromatic rings. The van der Waals surface area contributed by atoms with Gasteiger partial charge in [-0.2, -0.15) is 0 Å². The quantitative estimate of drug-likeness (QED) is 0.492. The number of fused-ring (bicyclic) bond motifs is 1. The van der Waals surface area contributed by atoms with Crippen LogP contribution >= 0.6 is 0 Å². The van der Waals surface area contributed by atoms with E-state index in [1.165, 1.54) is 0 Å². The highest BCUT2D eigenvalue weighted by Crippen LogP contribution is 2.22. The molecule has 1 amide bonds. The van der Waals surface area contributed by atoms with Gasteiger partial charge in [-0.3, -0.25) is 9.59 Å². The van der Waals surface area contributed by atoms with E-state index in [2.05, 4.69) is 15.3 Å². The highest BCUT2D eigenvalue weighted by molar-refractivity contribution is 5.77. The molecule has 5 nitrogen and oxygen atoms in total. The van der Waals surface area contributed by atoms with Gasteiger partial charge in [0.05, 0.1) is 16.9 Å². The molecule has 0 radical (unpaired) electrons. The molecule has 0 saturated carbocycles. The highest BCUT2D eigenvalue weighted by Gasteiger charge is 2.16. The van der Waals surface area contributed by atoms with Crippen LogP contribution < -0.4 is 10.9 Å². The minimum absolute atomic E-state index is 0.0316. The van der Waals surface area contributed by atoms with Gasteiger partial charge in [0.1, 0.15) is 5.82 Å². The van der Waals surface area contributed by atoms with Crippen LogP contribution in [-0.4, -0.2) is 15.9 Å². The SMILES string of the molecule is O=C(CCCc1nc2ccccc2c(=O)[nH]1)NC(c1ccccc1)c1ccccc1. The van der Waals surface area contributed by atoms with Crippen LogP contribution in [0.3, 0.4) is 0 Å². The van der Waals surface area contributed by atoms with Crippen molar-refractivity contribution in [3.05, 3.63) is 112 Å². The summed E-state index contributed by atoms with van der Waals surface area (Å²) in [5, 5.41) is 3.72. The van der Waals surface area contributed by atoms with Gasteiger partial charge in [0.15, 0.2) is 0 Å². The number of carbonyl (C=O) groups is 1. The van der Waals surface area contributed by atoms with Crippen molar-refractivity contribution < 1.29 is 4.79 Å². The third-order valence-electron chi connectivity index (χ3n) is 5.05. The molecule has 0 aliphatic heterocycles. The van der Waals surface area contributed by atoms with Crippen LogP contribution in [0.4, 0.5) is 0 Å². The zero-order valence-corrected chi connectivity index (χ0v) is 16.5. The lowest BCUT2D eigenvalue weighted by molar-refractivity contribution is -0.121. The molecule has 150 valence electrons. The summed E-state index contributed by atoms with van der Waals surface area (Å²) >= 11 is 0. The number of aromatic amines is 1. The summed E-state index contributed by atoms with van der Waals surface area (Å²) in [5.74, 6) is 0.574. The predicted molar refractivity (Wildman–Crippen MR) is 118 cm³/mol. The van der Waals surface area contributed by atoms with Gasteiger partial charge in [0.2, 0.25) is 5.91 Å². The zero-order chi connectivity index (χ0) is 20.8. The fraction of sp³-hybridized carbons (Fsp3) is 0.160. The summed E-state index contributed by atoms with van der Waals surface area (Å²) in [7, 11) is 0. The number of hydrogen-bond acceptors (Lipinski definition) is 3. The van der Waals surface area contributed by atoms with E-state index in [-0.39, 0.29) is 17.5 Å². The molecule has 1 aromatic heterocycles. The second-order valence-corrected chi connectivity index (χ2v) is 7.21. The summed E-state index contributed by atoms with van der Waals surface area (Å²) in [6.07, 6.45) is 1.49. The molecule has 0 fully saturated rings. The Morgan fingerprint density at radius 2 is 1.47 bits per heavy atom. The number of para-hydroxylation sites is 1. The number of rotatable bonds is 7. The number of aryl methyl sites for hydroxylation is 1. The van der Waals surface area contributed by atoms with Crippen molar-refractivity contribution in [2.75, 3.05) is 0 Å². The Balaban J connectivity index is 1.41. The number of H-pyrrole nitrogens is 1. The average molecular weight is 397 g/mol. The smallest absolute Gasteiger partial charge is 0.258 e. The molecule has 1 heterocycles. The van der Waals surface area contributed by atoms with Crippen molar-refractivity contribution in [3.63, 3.8) is 0 Å². The van der Waals surface area contributed by atoms with Crippen LogP contribution in [-0.2, 0) is 11.2 Å². The number of nitrogens with one attached hydrogen (secondary N) is 2. The Bertz CT molecular complexity index is 1150. The Hall–Kier alpha value is -3.73. The maximum absolute atomic E-state index is 12.7. The molecule has 0 spiro atoms. The molecule has 5 heteroatoms. The van der Waals surface area contributed by atoms with Crippen molar-refractivity contribution >= 4 is 16.8 Å². The fourth-order valence-corrected chi connectivity index (χ4v) is 3.55. The standard InChI is InChI=1S/C25H23N3O2/c29-23(17-9-16-22-26-21-15-8-7-14-20(21)25(30)27-22)28-24(18-10-3-1-4-11-18)19-12-5-2-6-13-19/h1-8,10-15,24H,9,16-17H2,(H,28,29)(H,26,27,30). The van der Waals surface area contributed by atoms with E-state index < -0.39 is 0 Å². The van der Waals surface area contributed by atoms with E-state index in [4.69, 9.17) is 0 Å². The minimum atomic E-state index is -0.196. The van der Waals surface area contributed by atoms with Gasteiger partial charge in [0.25, 0.3) is 5.56 Å². The molecule has 0 saturated heterocycles. The second kappa shape index (κ2) is 9.18. The van der Waals surface area contributed by atoms with E-state index in [1.807, 2.05) is 78.9 Å². The van der Waals surface area contributed by atoms with Crippen molar-refractivity contribution in [1.82, 2.24) is 15.3 Å².